The topological polar surface area (TPSA) is 31.4 Å². The average molecular weight is 311 g/mol. The Kier molecular flexibility index (Phi) is 5.16. The number of benzene rings is 1. The lowest BCUT2D eigenvalue weighted by atomic mass is 9.76. The van der Waals surface area contributed by atoms with Gasteiger partial charge >= 0.3 is 0 Å². The van der Waals surface area contributed by atoms with Crippen LogP contribution in [0.25, 0.3) is 0 Å². The molecule has 1 aliphatic rings. The van der Waals surface area contributed by atoms with Crippen molar-refractivity contribution in [2.24, 2.45) is 5.92 Å². The molecular formula is C20H25NO2. The first kappa shape index (κ1) is 15.9. The van der Waals surface area contributed by atoms with Crippen LogP contribution in [0, 0.1) is 5.92 Å². The predicted octanol–water partition coefficient (Wildman–Crippen LogP) is 4.62. The van der Waals surface area contributed by atoms with Crippen molar-refractivity contribution in [2.75, 3.05) is 14.2 Å². The number of ether oxygens (including phenoxy) is 2. The highest BCUT2D eigenvalue weighted by Gasteiger charge is 2.24. The van der Waals surface area contributed by atoms with Crippen LogP contribution in [0.4, 0.5) is 0 Å². The number of hydrogen-bond donors (Lipinski definition) is 0. The summed E-state index contributed by atoms with van der Waals surface area (Å²) in [4.78, 5) is 4.23. The summed E-state index contributed by atoms with van der Waals surface area (Å²) < 4.78 is 10.8. The van der Waals surface area contributed by atoms with E-state index in [1.807, 2.05) is 6.20 Å². The quantitative estimate of drug-likeness (QED) is 0.807. The molecular weight excluding hydrogens is 286 g/mol. The van der Waals surface area contributed by atoms with Crippen molar-refractivity contribution in [1.29, 1.82) is 0 Å². The summed E-state index contributed by atoms with van der Waals surface area (Å²) in [6.45, 7) is 0. The van der Waals surface area contributed by atoms with Crippen LogP contribution >= 0.6 is 0 Å². The molecule has 0 atom stereocenters. The molecule has 0 aliphatic heterocycles. The van der Waals surface area contributed by atoms with E-state index in [0.717, 1.165) is 24.0 Å². The van der Waals surface area contributed by atoms with Crippen molar-refractivity contribution in [1.82, 2.24) is 4.98 Å². The van der Waals surface area contributed by atoms with Gasteiger partial charge in [0.05, 0.1) is 14.2 Å². The van der Waals surface area contributed by atoms with Crippen LogP contribution < -0.4 is 9.47 Å². The molecule has 2 aromatic rings. The average Bonchev–Trinajstić information content (AvgIpc) is 2.63. The third-order valence-electron chi connectivity index (χ3n) is 4.98. The highest BCUT2D eigenvalue weighted by Crippen LogP contribution is 2.39. The maximum Gasteiger partial charge on any atom is 0.256 e. The molecule has 0 N–H and O–H groups in total. The number of hydrogen-bond acceptors (Lipinski definition) is 3. The van der Waals surface area contributed by atoms with Gasteiger partial charge in [0.2, 0.25) is 0 Å². The Hall–Kier alpha value is -2.03. The van der Waals surface area contributed by atoms with E-state index in [9.17, 15) is 0 Å². The molecule has 3 nitrogen and oxygen atoms in total. The minimum atomic E-state index is 0.586. The van der Waals surface area contributed by atoms with Crippen molar-refractivity contribution < 1.29 is 9.47 Å². The van der Waals surface area contributed by atoms with E-state index in [1.54, 1.807) is 14.2 Å². The summed E-state index contributed by atoms with van der Waals surface area (Å²) >= 11 is 0. The Morgan fingerprint density at radius 1 is 0.957 bits per heavy atom. The van der Waals surface area contributed by atoms with Gasteiger partial charge in [-0.3, -0.25) is 0 Å². The van der Waals surface area contributed by atoms with Gasteiger partial charge in [-0.1, -0.05) is 30.3 Å². The highest BCUT2D eigenvalue weighted by atomic mass is 16.5. The van der Waals surface area contributed by atoms with E-state index in [-0.39, 0.29) is 0 Å². The lowest BCUT2D eigenvalue weighted by Gasteiger charge is -2.29. The molecule has 0 bridgehead atoms. The van der Waals surface area contributed by atoms with Gasteiger partial charge in [-0.2, -0.15) is 0 Å². The van der Waals surface area contributed by atoms with E-state index >= 15 is 0 Å². The van der Waals surface area contributed by atoms with Crippen LogP contribution in [-0.2, 0) is 6.42 Å². The molecule has 1 aromatic carbocycles. The maximum atomic E-state index is 5.51. The minimum absolute atomic E-state index is 0.586. The first-order valence-electron chi connectivity index (χ1n) is 8.42. The standard InChI is InChI=1S/C20H25NO2/c1-22-19-18(12-13-21-20(19)23-2)14-15-8-10-17(11-9-15)16-6-4-3-5-7-16/h3-7,12-13,15,17H,8-11,14H2,1-2H3. The number of pyridine rings is 1. The molecule has 0 spiro atoms. The van der Waals surface area contributed by atoms with E-state index in [2.05, 4.69) is 41.4 Å². The predicted molar refractivity (Wildman–Crippen MR) is 92.2 cm³/mol. The fraction of sp³-hybridized carbons (Fsp3) is 0.450. The SMILES string of the molecule is COc1nccc(CC2CCC(c3ccccc3)CC2)c1OC. The van der Waals surface area contributed by atoms with E-state index in [0.29, 0.717) is 5.88 Å². The first-order chi connectivity index (χ1) is 11.3. The van der Waals surface area contributed by atoms with Crippen LogP contribution in [0.3, 0.4) is 0 Å². The van der Waals surface area contributed by atoms with Crippen molar-refractivity contribution in [3.8, 4) is 11.6 Å². The van der Waals surface area contributed by atoms with Gasteiger partial charge in [0, 0.05) is 11.8 Å². The molecule has 0 radical (unpaired) electrons. The normalized spacial score (nSPS) is 21.0. The third-order valence-corrected chi connectivity index (χ3v) is 4.98. The Bertz CT molecular complexity index is 619. The molecule has 1 heterocycles. The Morgan fingerprint density at radius 3 is 2.35 bits per heavy atom. The molecule has 0 amide bonds. The number of methoxy groups -OCH3 is 2. The summed E-state index contributed by atoms with van der Waals surface area (Å²) in [5.41, 5.74) is 2.71. The van der Waals surface area contributed by atoms with Crippen LogP contribution in [0.5, 0.6) is 11.6 Å². The van der Waals surface area contributed by atoms with Crippen LogP contribution in [0.15, 0.2) is 42.6 Å². The van der Waals surface area contributed by atoms with E-state index < -0.39 is 0 Å². The van der Waals surface area contributed by atoms with Crippen molar-refractivity contribution in [3.05, 3.63) is 53.7 Å². The fourth-order valence-electron chi connectivity index (χ4n) is 3.73. The fourth-order valence-corrected chi connectivity index (χ4v) is 3.73. The van der Waals surface area contributed by atoms with Gasteiger partial charge in [-0.25, -0.2) is 4.98 Å². The second kappa shape index (κ2) is 7.49. The number of aromatic nitrogens is 1. The Balaban J connectivity index is 1.63. The summed E-state index contributed by atoms with van der Waals surface area (Å²) in [6, 6.07) is 13.0. The molecule has 0 saturated heterocycles. The monoisotopic (exact) mass is 311 g/mol. The molecule has 122 valence electrons. The Labute approximate surface area is 138 Å². The zero-order valence-corrected chi connectivity index (χ0v) is 14.0. The van der Waals surface area contributed by atoms with Crippen LogP contribution in [0.1, 0.15) is 42.7 Å². The van der Waals surface area contributed by atoms with Crippen molar-refractivity contribution in [3.63, 3.8) is 0 Å². The second-order valence-electron chi connectivity index (χ2n) is 6.35. The lowest BCUT2D eigenvalue weighted by Crippen LogP contribution is -2.15. The largest absolute Gasteiger partial charge is 0.491 e. The Morgan fingerprint density at radius 2 is 1.70 bits per heavy atom. The summed E-state index contributed by atoms with van der Waals surface area (Å²) in [6.07, 6.45) is 7.95. The highest BCUT2D eigenvalue weighted by molar-refractivity contribution is 5.41. The molecule has 3 rings (SSSR count). The van der Waals surface area contributed by atoms with Gasteiger partial charge in [0.15, 0.2) is 5.75 Å². The zero-order valence-electron chi connectivity index (χ0n) is 14.0. The maximum absolute atomic E-state index is 5.51. The number of nitrogens with zero attached hydrogens (tertiary/aromatic N) is 1. The van der Waals surface area contributed by atoms with Crippen LogP contribution in [-0.4, -0.2) is 19.2 Å². The number of rotatable bonds is 5. The smallest absolute Gasteiger partial charge is 0.256 e. The molecule has 0 unspecified atom stereocenters. The van der Waals surface area contributed by atoms with Gasteiger partial charge < -0.3 is 9.47 Å². The van der Waals surface area contributed by atoms with Gasteiger partial charge in [0.1, 0.15) is 0 Å². The summed E-state index contributed by atoms with van der Waals surface area (Å²) in [5, 5.41) is 0. The molecule has 1 fully saturated rings. The summed E-state index contributed by atoms with van der Waals surface area (Å²) in [5.74, 6) is 2.82. The first-order valence-corrected chi connectivity index (χ1v) is 8.42. The van der Waals surface area contributed by atoms with Crippen molar-refractivity contribution >= 4 is 0 Å². The molecule has 1 aliphatic carbocycles. The van der Waals surface area contributed by atoms with E-state index in [1.165, 1.54) is 36.8 Å². The molecule has 3 heteroatoms. The van der Waals surface area contributed by atoms with Crippen molar-refractivity contribution in [2.45, 2.75) is 38.0 Å². The summed E-state index contributed by atoms with van der Waals surface area (Å²) in [7, 11) is 3.33. The molecule has 1 aromatic heterocycles. The van der Waals surface area contributed by atoms with E-state index in [4.69, 9.17) is 9.47 Å². The third kappa shape index (κ3) is 3.66. The molecule has 23 heavy (non-hydrogen) atoms. The van der Waals surface area contributed by atoms with Gasteiger partial charge in [-0.15, -0.1) is 0 Å². The second-order valence-corrected chi connectivity index (χ2v) is 6.35. The minimum Gasteiger partial charge on any atom is -0.491 e. The molecule has 1 saturated carbocycles. The lowest BCUT2D eigenvalue weighted by molar-refractivity contribution is 0.312. The van der Waals surface area contributed by atoms with Gasteiger partial charge in [-0.05, 0) is 55.6 Å². The zero-order chi connectivity index (χ0) is 16.1. The van der Waals surface area contributed by atoms with Gasteiger partial charge in [0.25, 0.3) is 5.88 Å². The van der Waals surface area contributed by atoms with Crippen LogP contribution in [0.2, 0.25) is 0 Å².